The predicted octanol–water partition coefficient (Wildman–Crippen LogP) is 7.71. The van der Waals surface area contributed by atoms with Crippen molar-refractivity contribution < 1.29 is 4.92 Å². The lowest BCUT2D eigenvalue weighted by Crippen LogP contribution is -1.94. The van der Waals surface area contributed by atoms with Crippen LogP contribution in [0.1, 0.15) is 0 Å². The fourth-order valence-corrected chi connectivity index (χ4v) is 5.13. The molecule has 1 aromatic heterocycles. The summed E-state index contributed by atoms with van der Waals surface area (Å²) in [6.07, 6.45) is 0. The average Bonchev–Trinajstić information content (AvgIpc) is 3.14. The van der Waals surface area contributed by atoms with Crippen molar-refractivity contribution in [1.29, 1.82) is 0 Å². The molecule has 0 radical (unpaired) electrons. The van der Waals surface area contributed by atoms with Crippen molar-refractivity contribution in [3.8, 4) is 16.8 Å². The van der Waals surface area contributed by atoms with Gasteiger partial charge in [0.2, 0.25) is 0 Å². The van der Waals surface area contributed by atoms with Crippen molar-refractivity contribution in [3.63, 3.8) is 0 Å². The molecule has 0 aliphatic carbocycles. The SMILES string of the molecule is O=[N+]([O-])c1ccccc1-c1ccc2c3c1ccc1c(Br)ccc(c13)n2-c1ccccc1. The van der Waals surface area contributed by atoms with Gasteiger partial charge < -0.3 is 4.57 Å². The van der Waals surface area contributed by atoms with Gasteiger partial charge in [0.15, 0.2) is 0 Å². The molecule has 0 unspecified atom stereocenters. The third-order valence-electron chi connectivity index (χ3n) is 5.95. The Kier molecular flexibility index (Phi) is 3.88. The van der Waals surface area contributed by atoms with Crippen LogP contribution in [0.15, 0.2) is 95.5 Å². The van der Waals surface area contributed by atoms with Crippen LogP contribution in [-0.4, -0.2) is 9.49 Å². The smallest absolute Gasteiger partial charge is 0.277 e. The van der Waals surface area contributed by atoms with E-state index in [1.807, 2.05) is 36.4 Å². The van der Waals surface area contributed by atoms with Gasteiger partial charge in [0.05, 0.1) is 21.5 Å². The molecule has 0 fully saturated rings. The van der Waals surface area contributed by atoms with E-state index in [9.17, 15) is 10.1 Å². The molecule has 0 atom stereocenters. The van der Waals surface area contributed by atoms with Crippen LogP contribution in [0, 0.1) is 10.1 Å². The summed E-state index contributed by atoms with van der Waals surface area (Å²) >= 11 is 3.70. The molecule has 0 aliphatic rings. The molecule has 6 aromatic rings. The lowest BCUT2D eigenvalue weighted by atomic mass is 9.94. The van der Waals surface area contributed by atoms with Gasteiger partial charge in [-0.1, -0.05) is 64.5 Å². The second-order valence-corrected chi connectivity index (χ2v) is 8.41. The second-order valence-electron chi connectivity index (χ2n) is 7.55. The Morgan fingerprint density at radius 2 is 1.32 bits per heavy atom. The summed E-state index contributed by atoms with van der Waals surface area (Å²) in [6, 6.07) is 29.7. The summed E-state index contributed by atoms with van der Waals surface area (Å²) in [5, 5.41) is 16.1. The van der Waals surface area contributed by atoms with E-state index in [-0.39, 0.29) is 10.6 Å². The molecule has 0 saturated carbocycles. The first kappa shape index (κ1) is 18.1. The van der Waals surface area contributed by atoms with Gasteiger partial charge in [-0.2, -0.15) is 0 Å². The van der Waals surface area contributed by atoms with Gasteiger partial charge in [0.25, 0.3) is 5.69 Å². The molecule has 1 heterocycles. The van der Waals surface area contributed by atoms with Crippen LogP contribution in [0.25, 0.3) is 49.4 Å². The maximum Gasteiger partial charge on any atom is 0.277 e. The van der Waals surface area contributed by atoms with E-state index in [0.29, 0.717) is 5.56 Å². The summed E-state index contributed by atoms with van der Waals surface area (Å²) in [5.74, 6) is 0. The van der Waals surface area contributed by atoms with Gasteiger partial charge in [-0.25, -0.2) is 0 Å². The standard InChI is InChI=1S/C26H15BrN2O2/c27-21-13-15-24-26-20(21)11-10-19-17(18-8-4-5-9-22(18)29(30)31)12-14-23(25(19)26)28(24)16-6-2-1-3-7-16/h1-15H. The zero-order chi connectivity index (χ0) is 21.1. The number of hydrogen-bond donors (Lipinski definition) is 0. The molecule has 0 spiro atoms. The molecule has 148 valence electrons. The largest absolute Gasteiger partial charge is 0.309 e. The lowest BCUT2D eigenvalue weighted by molar-refractivity contribution is -0.384. The Hall–Kier alpha value is -3.70. The molecule has 0 amide bonds. The van der Waals surface area contributed by atoms with Crippen molar-refractivity contribution in [2.24, 2.45) is 0 Å². The number of rotatable bonds is 3. The molecule has 0 aliphatic heterocycles. The maximum absolute atomic E-state index is 11.7. The highest BCUT2D eigenvalue weighted by Gasteiger charge is 2.22. The molecule has 5 aromatic carbocycles. The van der Waals surface area contributed by atoms with E-state index in [2.05, 4.69) is 63.0 Å². The molecule has 0 N–H and O–H groups in total. The number of para-hydroxylation sites is 2. The number of benzene rings is 5. The van der Waals surface area contributed by atoms with Crippen LogP contribution in [0.4, 0.5) is 5.69 Å². The molecule has 0 bridgehead atoms. The Balaban J connectivity index is 1.81. The van der Waals surface area contributed by atoms with Crippen molar-refractivity contribution in [3.05, 3.63) is 106 Å². The van der Waals surface area contributed by atoms with Crippen LogP contribution in [-0.2, 0) is 0 Å². The Morgan fingerprint density at radius 1 is 0.677 bits per heavy atom. The average molecular weight is 467 g/mol. The minimum Gasteiger partial charge on any atom is -0.309 e. The van der Waals surface area contributed by atoms with E-state index in [1.165, 1.54) is 0 Å². The zero-order valence-corrected chi connectivity index (χ0v) is 17.8. The van der Waals surface area contributed by atoms with E-state index >= 15 is 0 Å². The predicted molar refractivity (Wildman–Crippen MR) is 129 cm³/mol. The summed E-state index contributed by atoms with van der Waals surface area (Å²) in [7, 11) is 0. The minimum absolute atomic E-state index is 0.116. The summed E-state index contributed by atoms with van der Waals surface area (Å²) in [4.78, 5) is 11.4. The van der Waals surface area contributed by atoms with Crippen molar-refractivity contribution in [2.45, 2.75) is 0 Å². The molecule has 5 heteroatoms. The highest BCUT2D eigenvalue weighted by molar-refractivity contribution is 9.10. The monoisotopic (exact) mass is 466 g/mol. The quantitative estimate of drug-likeness (QED) is 0.152. The summed E-state index contributed by atoms with van der Waals surface area (Å²) < 4.78 is 3.30. The number of aromatic nitrogens is 1. The number of hydrogen-bond acceptors (Lipinski definition) is 2. The third kappa shape index (κ3) is 2.53. The first-order valence-corrected chi connectivity index (χ1v) is 10.7. The normalized spacial score (nSPS) is 11.6. The first-order chi connectivity index (χ1) is 15.1. The maximum atomic E-state index is 11.7. The second kappa shape index (κ2) is 6.65. The van der Waals surface area contributed by atoms with Gasteiger partial charge >= 0.3 is 0 Å². The van der Waals surface area contributed by atoms with Gasteiger partial charge in [-0.3, -0.25) is 10.1 Å². The zero-order valence-electron chi connectivity index (χ0n) is 16.2. The van der Waals surface area contributed by atoms with Gasteiger partial charge in [0, 0.05) is 27.0 Å². The fraction of sp³-hybridized carbons (Fsp3) is 0. The molecule has 0 saturated heterocycles. The summed E-state index contributed by atoms with van der Waals surface area (Å²) in [6.45, 7) is 0. The first-order valence-electron chi connectivity index (χ1n) is 9.92. The molecular weight excluding hydrogens is 452 g/mol. The van der Waals surface area contributed by atoms with Crippen LogP contribution in [0.2, 0.25) is 0 Å². The highest BCUT2D eigenvalue weighted by Crippen LogP contribution is 2.45. The van der Waals surface area contributed by atoms with E-state index < -0.39 is 0 Å². The van der Waals surface area contributed by atoms with Crippen LogP contribution < -0.4 is 0 Å². The van der Waals surface area contributed by atoms with E-state index in [4.69, 9.17) is 0 Å². The lowest BCUT2D eigenvalue weighted by Gasteiger charge is -2.10. The van der Waals surface area contributed by atoms with Crippen LogP contribution >= 0.6 is 15.9 Å². The van der Waals surface area contributed by atoms with Gasteiger partial charge in [-0.15, -0.1) is 0 Å². The van der Waals surface area contributed by atoms with E-state index in [0.717, 1.165) is 48.3 Å². The van der Waals surface area contributed by atoms with E-state index in [1.54, 1.807) is 12.1 Å². The number of nitro benzene ring substituents is 1. The van der Waals surface area contributed by atoms with Crippen molar-refractivity contribution in [2.75, 3.05) is 0 Å². The highest BCUT2D eigenvalue weighted by atomic mass is 79.9. The number of nitrogens with zero attached hydrogens (tertiary/aromatic N) is 2. The molecular formula is C26H15BrN2O2. The summed E-state index contributed by atoms with van der Waals surface area (Å²) in [5.41, 5.74) is 4.90. The molecule has 4 nitrogen and oxygen atoms in total. The van der Waals surface area contributed by atoms with Gasteiger partial charge in [-0.05, 0) is 52.7 Å². The van der Waals surface area contributed by atoms with Gasteiger partial charge in [0.1, 0.15) is 0 Å². The van der Waals surface area contributed by atoms with Crippen LogP contribution in [0.3, 0.4) is 0 Å². The Labute approximate surface area is 186 Å². The Bertz CT molecular complexity index is 1620. The Morgan fingerprint density at radius 3 is 2.10 bits per heavy atom. The fourth-order valence-electron chi connectivity index (χ4n) is 4.67. The topological polar surface area (TPSA) is 48.1 Å². The minimum atomic E-state index is -0.311. The number of nitro groups is 1. The third-order valence-corrected chi connectivity index (χ3v) is 6.64. The molecule has 31 heavy (non-hydrogen) atoms. The van der Waals surface area contributed by atoms with Crippen LogP contribution in [0.5, 0.6) is 0 Å². The number of halogens is 1. The van der Waals surface area contributed by atoms with Crippen molar-refractivity contribution in [1.82, 2.24) is 4.57 Å². The van der Waals surface area contributed by atoms with Crippen molar-refractivity contribution >= 4 is 54.2 Å². The molecule has 6 rings (SSSR count).